The highest BCUT2D eigenvalue weighted by atomic mass is 35.5. The fraction of sp³-hybridized carbons (Fsp3) is 0.400. The topological polar surface area (TPSA) is 82.6 Å². The van der Waals surface area contributed by atoms with Gasteiger partial charge >= 0.3 is 0 Å². The SMILES string of the molecule is CN1CCC(Nc2ccc(Cl)c3cnc(Nc4ccc(C(=O)N5CCOCC5)cc4)nc23)CC1. The van der Waals surface area contributed by atoms with Crippen LogP contribution >= 0.6 is 11.6 Å². The van der Waals surface area contributed by atoms with Crippen molar-refractivity contribution in [1.82, 2.24) is 19.8 Å². The number of benzene rings is 2. The number of piperidine rings is 1. The number of anilines is 3. The van der Waals surface area contributed by atoms with Crippen molar-refractivity contribution in [3.8, 4) is 0 Å². The van der Waals surface area contributed by atoms with E-state index in [0.29, 0.717) is 48.9 Å². The fourth-order valence-corrected chi connectivity index (χ4v) is 4.61. The average Bonchev–Trinajstić information content (AvgIpc) is 2.88. The summed E-state index contributed by atoms with van der Waals surface area (Å²) in [4.78, 5) is 26.1. The molecule has 2 aliphatic heterocycles. The van der Waals surface area contributed by atoms with E-state index in [-0.39, 0.29) is 5.91 Å². The summed E-state index contributed by atoms with van der Waals surface area (Å²) in [5, 5.41) is 8.36. The third-order valence-corrected chi connectivity index (χ3v) is 6.79. The first kappa shape index (κ1) is 22.8. The van der Waals surface area contributed by atoms with Crippen molar-refractivity contribution in [3.05, 3.63) is 53.2 Å². The maximum atomic E-state index is 12.7. The third-order valence-electron chi connectivity index (χ3n) is 6.46. The Morgan fingerprint density at radius 1 is 1.06 bits per heavy atom. The molecule has 2 aliphatic rings. The van der Waals surface area contributed by atoms with Crippen LogP contribution in [0.15, 0.2) is 42.6 Å². The molecule has 0 spiro atoms. The standard InChI is InChI=1S/C25H29ClN6O2/c1-31-10-8-19(9-11-31)28-22-7-6-21(26)20-16-27-25(30-23(20)22)29-18-4-2-17(3-5-18)24(33)32-12-14-34-15-13-32/h2-7,16,19,28H,8-15H2,1H3,(H,27,29,30). The molecule has 9 heteroatoms. The van der Waals surface area contributed by atoms with Crippen molar-refractivity contribution in [2.45, 2.75) is 18.9 Å². The highest BCUT2D eigenvalue weighted by Gasteiger charge is 2.19. The minimum atomic E-state index is 0.0241. The van der Waals surface area contributed by atoms with Crippen LogP contribution < -0.4 is 10.6 Å². The summed E-state index contributed by atoms with van der Waals surface area (Å²) in [7, 11) is 2.16. The lowest BCUT2D eigenvalue weighted by molar-refractivity contribution is 0.0303. The van der Waals surface area contributed by atoms with Crippen LogP contribution in [0.5, 0.6) is 0 Å². The zero-order chi connectivity index (χ0) is 23.5. The highest BCUT2D eigenvalue weighted by Crippen LogP contribution is 2.30. The van der Waals surface area contributed by atoms with Gasteiger partial charge in [-0.2, -0.15) is 0 Å². The third kappa shape index (κ3) is 5.09. The molecule has 1 aromatic heterocycles. The molecular formula is C25H29ClN6O2. The molecule has 2 N–H and O–H groups in total. The van der Waals surface area contributed by atoms with E-state index in [1.807, 2.05) is 41.3 Å². The van der Waals surface area contributed by atoms with Crippen LogP contribution in [0.2, 0.25) is 5.02 Å². The average molecular weight is 481 g/mol. The Balaban J connectivity index is 1.33. The first-order valence-electron chi connectivity index (χ1n) is 11.7. The van der Waals surface area contributed by atoms with Crippen molar-refractivity contribution in [3.63, 3.8) is 0 Å². The van der Waals surface area contributed by atoms with Crippen molar-refractivity contribution < 1.29 is 9.53 Å². The van der Waals surface area contributed by atoms with Crippen LogP contribution in [-0.2, 0) is 4.74 Å². The van der Waals surface area contributed by atoms with Crippen molar-refractivity contribution in [1.29, 1.82) is 0 Å². The van der Waals surface area contributed by atoms with Gasteiger partial charge in [0.1, 0.15) is 5.52 Å². The molecule has 2 aromatic carbocycles. The highest BCUT2D eigenvalue weighted by molar-refractivity contribution is 6.35. The van der Waals surface area contributed by atoms with Crippen LogP contribution in [-0.4, -0.2) is 78.2 Å². The number of hydrogen-bond donors (Lipinski definition) is 2. The van der Waals surface area contributed by atoms with Gasteiger partial charge in [-0.25, -0.2) is 9.97 Å². The van der Waals surface area contributed by atoms with Gasteiger partial charge in [-0.3, -0.25) is 4.79 Å². The summed E-state index contributed by atoms with van der Waals surface area (Å²) in [6.07, 6.45) is 3.93. The maximum Gasteiger partial charge on any atom is 0.254 e. The van der Waals surface area contributed by atoms with Crippen LogP contribution in [0.4, 0.5) is 17.3 Å². The monoisotopic (exact) mass is 480 g/mol. The van der Waals surface area contributed by atoms with Gasteiger partial charge in [-0.05, 0) is 69.4 Å². The van der Waals surface area contributed by atoms with Gasteiger partial charge < -0.3 is 25.2 Å². The summed E-state index contributed by atoms with van der Waals surface area (Å²) < 4.78 is 5.33. The molecule has 3 aromatic rings. The minimum absolute atomic E-state index is 0.0241. The second kappa shape index (κ2) is 10.1. The van der Waals surface area contributed by atoms with Crippen molar-refractivity contribution in [2.75, 3.05) is 57.1 Å². The van der Waals surface area contributed by atoms with Gasteiger partial charge in [0.15, 0.2) is 0 Å². The molecule has 1 amide bonds. The molecule has 0 aliphatic carbocycles. The van der Waals surface area contributed by atoms with E-state index < -0.39 is 0 Å². The molecule has 0 saturated carbocycles. The molecule has 0 atom stereocenters. The largest absolute Gasteiger partial charge is 0.380 e. The number of carbonyl (C=O) groups is 1. The number of fused-ring (bicyclic) bond motifs is 1. The Morgan fingerprint density at radius 2 is 1.79 bits per heavy atom. The molecule has 34 heavy (non-hydrogen) atoms. The predicted molar refractivity (Wildman–Crippen MR) is 135 cm³/mol. The van der Waals surface area contributed by atoms with Gasteiger partial charge in [0.25, 0.3) is 5.91 Å². The van der Waals surface area contributed by atoms with Crippen LogP contribution in [0.1, 0.15) is 23.2 Å². The number of amides is 1. The first-order valence-corrected chi connectivity index (χ1v) is 12.1. The lowest BCUT2D eigenvalue weighted by atomic mass is 10.0. The number of aromatic nitrogens is 2. The molecular weight excluding hydrogens is 452 g/mol. The summed E-state index contributed by atoms with van der Waals surface area (Å²) in [6, 6.07) is 11.7. The number of nitrogens with one attached hydrogen (secondary N) is 2. The number of likely N-dealkylation sites (tertiary alicyclic amines) is 1. The molecule has 3 heterocycles. The molecule has 0 radical (unpaired) electrons. The molecule has 178 valence electrons. The second-order valence-electron chi connectivity index (χ2n) is 8.88. The number of hydrogen-bond acceptors (Lipinski definition) is 7. The first-order chi connectivity index (χ1) is 16.6. The summed E-state index contributed by atoms with van der Waals surface area (Å²) in [6.45, 7) is 4.58. The number of morpholine rings is 1. The number of rotatable bonds is 5. The fourth-order valence-electron chi connectivity index (χ4n) is 4.41. The van der Waals surface area contributed by atoms with Gasteiger partial charge in [0.05, 0.1) is 23.9 Å². The van der Waals surface area contributed by atoms with E-state index >= 15 is 0 Å². The second-order valence-corrected chi connectivity index (χ2v) is 9.29. The van der Waals surface area contributed by atoms with Crippen LogP contribution in [0.25, 0.3) is 10.9 Å². The van der Waals surface area contributed by atoms with Crippen LogP contribution in [0, 0.1) is 0 Å². The van der Waals surface area contributed by atoms with Gasteiger partial charge in [0, 0.05) is 42.0 Å². The summed E-state index contributed by atoms with van der Waals surface area (Å²) >= 11 is 6.44. The van der Waals surface area contributed by atoms with E-state index in [1.165, 1.54) is 0 Å². The van der Waals surface area contributed by atoms with Crippen molar-refractivity contribution >= 4 is 45.7 Å². The Hall–Kier alpha value is -2.94. The number of carbonyl (C=O) groups excluding carboxylic acids is 1. The minimum Gasteiger partial charge on any atom is -0.380 e. The molecule has 2 saturated heterocycles. The molecule has 8 nitrogen and oxygen atoms in total. The lowest BCUT2D eigenvalue weighted by Crippen LogP contribution is -2.40. The molecule has 0 unspecified atom stereocenters. The Labute approximate surface area is 204 Å². The lowest BCUT2D eigenvalue weighted by Gasteiger charge is -2.30. The number of halogens is 1. The van der Waals surface area contributed by atoms with Crippen molar-refractivity contribution in [2.24, 2.45) is 0 Å². The molecule has 2 fully saturated rings. The van der Waals surface area contributed by atoms with Gasteiger partial charge in [-0.15, -0.1) is 0 Å². The maximum absolute atomic E-state index is 12.7. The van der Waals surface area contributed by atoms with Crippen LogP contribution in [0.3, 0.4) is 0 Å². The Bertz CT molecular complexity index is 1160. The van der Waals surface area contributed by atoms with E-state index in [9.17, 15) is 4.79 Å². The van der Waals surface area contributed by atoms with E-state index in [1.54, 1.807) is 6.20 Å². The Kier molecular flexibility index (Phi) is 6.80. The quantitative estimate of drug-likeness (QED) is 0.571. The van der Waals surface area contributed by atoms with E-state index in [0.717, 1.165) is 48.2 Å². The summed E-state index contributed by atoms with van der Waals surface area (Å²) in [5.74, 6) is 0.504. The number of nitrogens with zero attached hydrogens (tertiary/aromatic N) is 4. The van der Waals surface area contributed by atoms with Gasteiger partial charge in [-0.1, -0.05) is 11.6 Å². The normalized spacial score (nSPS) is 17.6. The van der Waals surface area contributed by atoms with E-state index in [4.69, 9.17) is 21.3 Å². The smallest absolute Gasteiger partial charge is 0.254 e. The van der Waals surface area contributed by atoms with Gasteiger partial charge in [0.2, 0.25) is 5.95 Å². The Morgan fingerprint density at radius 3 is 2.53 bits per heavy atom. The predicted octanol–water partition coefficient (Wildman–Crippen LogP) is 4.01. The molecule has 0 bridgehead atoms. The molecule has 5 rings (SSSR count). The summed E-state index contributed by atoms with van der Waals surface area (Å²) in [5.41, 5.74) is 3.22. The number of ether oxygens (including phenoxy) is 1. The zero-order valence-corrected chi connectivity index (χ0v) is 20.0. The zero-order valence-electron chi connectivity index (χ0n) is 19.3. The van der Waals surface area contributed by atoms with E-state index in [2.05, 4.69) is 27.6 Å².